The van der Waals surface area contributed by atoms with Crippen LogP contribution in [0.1, 0.15) is 10.4 Å². The highest BCUT2D eigenvalue weighted by Gasteiger charge is 2.11. The van der Waals surface area contributed by atoms with Gasteiger partial charge < -0.3 is 25.3 Å². The first-order chi connectivity index (χ1) is 12.5. The zero-order chi connectivity index (χ0) is 18.9. The molecule has 0 radical (unpaired) electrons. The summed E-state index contributed by atoms with van der Waals surface area (Å²) in [5, 5.41) is 2.53. The number of primary amides is 1. The van der Waals surface area contributed by atoms with Crippen LogP contribution in [-0.4, -0.2) is 38.1 Å². The Morgan fingerprint density at radius 2 is 1.62 bits per heavy atom. The second-order valence-electron chi connectivity index (χ2n) is 5.09. The number of benzene rings is 2. The summed E-state index contributed by atoms with van der Waals surface area (Å²) in [5.74, 6) is -0.909. The van der Waals surface area contributed by atoms with E-state index in [1.54, 1.807) is 24.3 Å². The molecule has 2 aromatic carbocycles. The molecule has 0 bridgehead atoms. The number of ether oxygens (including phenoxy) is 3. The highest BCUT2D eigenvalue weighted by molar-refractivity contribution is 5.95. The Hall–Kier alpha value is -3.55. The third kappa shape index (κ3) is 5.52. The maximum atomic E-state index is 11.8. The molecule has 2 rings (SSSR count). The molecule has 8 nitrogen and oxygen atoms in total. The third-order valence-electron chi connectivity index (χ3n) is 3.23. The molecule has 0 aliphatic carbocycles. The van der Waals surface area contributed by atoms with Crippen molar-refractivity contribution in [1.29, 1.82) is 0 Å². The normalized spacial score (nSPS) is 9.88. The second kappa shape index (κ2) is 9.07. The van der Waals surface area contributed by atoms with Crippen LogP contribution in [0.25, 0.3) is 0 Å². The van der Waals surface area contributed by atoms with Crippen molar-refractivity contribution in [2.45, 2.75) is 0 Å². The Morgan fingerprint density at radius 1 is 0.962 bits per heavy atom. The van der Waals surface area contributed by atoms with E-state index >= 15 is 0 Å². The Kier molecular flexibility index (Phi) is 6.55. The van der Waals surface area contributed by atoms with Crippen molar-refractivity contribution >= 4 is 23.5 Å². The van der Waals surface area contributed by atoms with Crippen LogP contribution < -0.4 is 20.5 Å². The zero-order valence-electron chi connectivity index (χ0n) is 14.1. The van der Waals surface area contributed by atoms with Gasteiger partial charge >= 0.3 is 5.97 Å². The van der Waals surface area contributed by atoms with E-state index in [0.717, 1.165) is 0 Å². The average molecular weight is 358 g/mol. The fourth-order valence-corrected chi connectivity index (χ4v) is 1.98. The van der Waals surface area contributed by atoms with Crippen molar-refractivity contribution in [3.05, 3.63) is 54.1 Å². The summed E-state index contributed by atoms with van der Waals surface area (Å²) in [6.07, 6.45) is 0. The van der Waals surface area contributed by atoms with Crippen LogP contribution in [0, 0.1) is 0 Å². The summed E-state index contributed by atoms with van der Waals surface area (Å²) >= 11 is 0. The third-order valence-corrected chi connectivity index (χ3v) is 3.23. The second-order valence-corrected chi connectivity index (χ2v) is 5.09. The highest BCUT2D eigenvalue weighted by atomic mass is 16.6. The number of carbonyl (C=O) groups is 3. The van der Waals surface area contributed by atoms with E-state index in [1.165, 1.54) is 31.4 Å². The quantitative estimate of drug-likeness (QED) is 0.688. The summed E-state index contributed by atoms with van der Waals surface area (Å²) in [6.45, 7) is -0.827. The van der Waals surface area contributed by atoms with Gasteiger partial charge in [-0.2, -0.15) is 0 Å². The number of amides is 2. The average Bonchev–Trinajstić information content (AvgIpc) is 2.65. The molecule has 0 saturated heterocycles. The number of anilines is 1. The molecular formula is C18H18N2O6. The van der Waals surface area contributed by atoms with E-state index in [4.69, 9.17) is 19.9 Å². The van der Waals surface area contributed by atoms with Crippen LogP contribution >= 0.6 is 0 Å². The summed E-state index contributed by atoms with van der Waals surface area (Å²) in [5.41, 5.74) is 5.90. The maximum Gasteiger partial charge on any atom is 0.344 e. The van der Waals surface area contributed by atoms with Crippen molar-refractivity contribution in [2.75, 3.05) is 25.6 Å². The van der Waals surface area contributed by atoms with E-state index in [2.05, 4.69) is 5.32 Å². The van der Waals surface area contributed by atoms with Crippen LogP contribution in [0.4, 0.5) is 5.69 Å². The van der Waals surface area contributed by atoms with Crippen LogP contribution in [0.3, 0.4) is 0 Å². The molecule has 0 aromatic heterocycles. The topological polar surface area (TPSA) is 117 Å². The zero-order valence-corrected chi connectivity index (χ0v) is 14.1. The van der Waals surface area contributed by atoms with Gasteiger partial charge in [0.25, 0.3) is 5.91 Å². The molecule has 0 aliphatic heterocycles. The lowest BCUT2D eigenvalue weighted by Crippen LogP contribution is -2.23. The van der Waals surface area contributed by atoms with Crippen molar-refractivity contribution in [3.63, 3.8) is 0 Å². The van der Waals surface area contributed by atoms with E-state index in [-0.39, 0.29) is 6.61 Å². The number of hydrogen-bond donors (Lipinski definition) is 2. The lowest BCUT2D eigenvalue weighted by Gasteiger charge is -2.10. The van der Waals surface area contributed by atoms with Crippen LogP contribution in [-0.2, 0) is 14.3 Å². The lowest BCUT2D eigenvalue weighted by molar-refractivity contribution is -0.149. The van der Waals surface area contributed by atoms with Gasteiger partial charge in [0.05, 0.1) is 7.11 Å². The summed E-state index contributed by atoms with van der Waals surface area (Å²) < 4.78 is 15.2. The summed E-state index contributed by atoms with van der Waals surface area (Å²) in [7, 11) is 1.49. The van der Waals surface area contributed by atoms with E-state index < -0.39 is 24.4 Å². The highest BCUT2D eigenvalue weighted by Crippen LogP contribution is 2.25. The number of nitrogens with two attached hydrogens (primary N) is 1. The van der Waals surface area contributed by atoms with Crippen LogP contribution in [0.15, 0.2) is 48.5 Å². The minimum Gasteiger partial charge on any atom is -0.493 e. The Bertz CT molecular complexity index is 789. The predicted molar refractivity (Wildman–Crippen MR) is 93.0 cm³/mol. The van der Waals surface area contributed by atoms with Crippen molar-refractivity contribution in [1.82, 2.24) is 0 Å². The van der Waals surface area contributed by atoms with Gasteiger partial charge in [-0.05, 0) is 36.4 Å². The van der Waals surface area contributed by atoms with Gasteiger partial charge in [0.1, 0.15) is 0 Å². The summed E-state index contributed by atoms with van der Waals surface area (Å²) in [6, 6.07) is 12.8. The van der Waals surface area contributed by atoms with E-state index in [9.17, 15) is 14.4 Å². The van der Waals surface area contributed by atoms with Gasteiger partial charge in [-0.25, -0.2) is 4.79 Å². The molecule has 0 spiro atoms. The standard InChI is InChI=1S/C18H18N2O6/c1-24-14-4-2-3-5-15(14)25-11-17(22)26-10-16(21)20-13-8-6-12(7-9-13)18(19)23/h2-9H,10-11H2,1H3,(H2,19,23)(H,20,21). The molecule has 0 saturated carbocycles. The molecule has 0 aliphatic rings. The van der Waals surface area contributed by atoms with Gasteiger partial charge in [-0.1, -0.05) is 12.1 Å². The monoisotopic (exact) mass is 358 g/mol. The molecule has 2 aromatic rings. The molecule has 0 heterocycles. The smallest absolute Gasteiger partial charge is 0.344 e. The SMILES string of the molecule is COc1ccccc1OCC(=O)OCC(=O)Nc1ccc(C(N)=O)cc1. The Balaban J connectivity index is 1.76. The fourth-order valence-electron chi connectivity index (χ4n) is 1.98. The molecule has 0 unspecified atom stereocenters. The number of para-hydroxylation sites is 2. The predicted octanol–water partition coefficient (Wildman–Crippen LogP) is 1.35. The number of hydrogen-bond acceptors (Lipinski definition) is 6. The van der Waals surface area contributed by atoms with Crippen LogP contribution in [0.5, 0.6) is 11.5 Å². The van der Waals surface area contributed by atoms with Crippen molar-refractivity contribution in [3.8, 4) is 11.5 Å². The van der Waals surface area contributed by atoms with E-state index in [1.807, 2.05) is 0 Å². The van der Waals surface area contributed by atoms with Gasteiger partial charge in [-0.15, -0.1) is 0 Å². The van der Waals surface area contributed by atoms with E-state index in [0.29, 0.717) is 22.7 Å². The first-order valence-electron chi connectivity index (χ1n) is 7.60. The molecule has 2 amide bonds. The minimum atomic E-state index is -0.699. The van der Waals surface area contributed by atoms with Gasteiger partial charge in [-0.3, -0.25) is 9.59 Å². The van der Waals surface area contributed by atoms with Gasteiger partial charge in [0, 0.05) is 11.3 Å². The van der Waals surface area contributed by atoms with Gasteiger partial charge in [0.2, 0.25) is 5.91 Å². The molecule has 0 fully saturated rings. The molecular weight excluding hydrogens is 340 g/mol. The fraction of sp³-hybridized carbons (Fsp3) is 0.167. The number of esters is 1. The Labute approximate surface area is 149 Å². The molecule has 26 heavy (non-hydrogen) atoms. The Morgan fingerprint density at radius 3 is 2.23 bits per heavy atom. The molecule has 3 N–H and O–H groups in total. The van der Waals surface area contributed by atoms with Gasteiger partial charge in [0.15, 0.2) is 24.7 Å². The lowest BCUT2D eigenvalue weighted by atomic mass is 10.2. The molecule has 8 heteroatoms. The summed E-state index contributed by atoms with van der Waals surface area (Å²) in [4.78, 5) is 34.4. The number of nitrogens with one attached hydrogen (secondary N) is 1. The van der Waals surface area contributed by atoms with Crippen molar-refractivity contribution in [2.24, 2.45) is 5.73 Å². The first-order valence-corrected chi connectivity index (χ1v) is 7.60. The molecule has 136 valence electrons. The number of rotatable bonds is 8. The first kappa shape index (κ1) is 18.8. The minimum absolute atomic E-state index is 0.322. The number of methoxy groups -OCH3 is 1. The molecule has 0 atom stereocenters. The largest absolute Gasteiger partial charge is 0.493 e. The van der Waals surface area contributed by atoms with Crippen LogP contribution in [0.2, 0.25) is 0 Å². The van der Waals surface area contributed by atoms with Crippen molar-refractivity contribution < 1.29 is 28.6 Å². The number of carbonyl (C=O) groups excluding carboxylic acids is 3. The maximum absolute atomic E-state index is 11.8.